The molecule has 73 heavy (non-hydrogen) atoms. The molecule has 0 bridgehead atoms. The van der Waals surface area contributed by atoms with Crippen LogP contribution in [-0.4, -0.2) is 15.0 Å². The molecule has 0 spiro atoms. The first-order chi connectivity index (χ1) is 37.3. The van der Waals surface area contributed by atoms with E-state index in [0.29, 0.717) is 11.3 Å². The van der Waals surface area contributed by atoms with Crippen molar-refractivity contribution in [1.82, 2.24) is 15.0 Å². The van der Waals surface area contributed by atoms with Crippen molar-refractivity contribution in [1.29, 1.82) is 0 Å². The number of hydrogen-bond acceptors (Lipinski definition) is 3. The summed E-state index contributed by atoms with van der Waals surface area (Å²) in [4.78, 5) is 15.0. The first kappa shape index (κ1) is 41.2. The zero-order valence-electron chi connectivity index (χ0n) is 42.9. The summed E-state index contributed by atoms with van der Waals surface area (Å²) in [5, 5.41) is 0. The van der Waals surface area contributed by atoms with Gasteiger partial charge in [0.25, 0.3) is 0 Å². The molecule has 3 heterocycles. The van der Waals surface area contributed by atoms with Crippen LogP contribution in [0.15, 0.2) is 279 Å². The summed E-state index contributed by atoms with van der Waals surface area (Å²) >= 11 is 0. The molecule has 0 N–H and O–H groups in total. The minimum atomic E-state index is -2.42. The van der Waals surface area contributed by atoms with Crippen LogP contribution in [0.3, 0.4) is 0 Å². The van der Waals surface area contributed by atoms with Crippen molar-refractivity contribution in [3.05, 3.63) is 285 Å². The van der Waals surface area contributed by atoms with Crippen LogP contribution in [0.4, 0.5) is 0 Å². The van der Waals surface area contributed by atoms with Gasteiger partial charge in [0, 0.05) is 56.1 Å². The normalized spacial score (nSPS) is 11.9. The smallest absolute Gasteiger partial charge is 0.0708 e. The molecule has 3 nitrogen and oxygen atoms in total. The molecule has 0 radical (unpaired) electrons. The summed E-state index contributed by atoms with van der Waals surface area (Å²) in [6, 6.07) is 89.6. The van der Waals surface area contributed by atoms with Gasteiger partial charge in [0.1, 0.15) is 0 Å². The highest BCUT2D eigenvalue weighted by molar-refractivity contribution is 5.97. The van der Waals surface area contributed by atoms with Crippen molar-refractivity contribution in [3.8, 4) is 123 Å². The number of nitrogens with zero attached hydrogens (tertiary/aromatic N) is 3. The maximum atomic E-state index is 8.85. The van der Waals surface area contributed by atoms with E-state index in [1.54, 1.807) is 12.3 Å². The number of hydrogen-bond donors (Lipinski definition) is 0. The predicted octanol–water partition coefficient (Wildman–Crippen LogP) is 18.5. The summed E-state index contributed by atoms with van der Waals surface area (Å²) in [5.41, 5.74) is 21.2. The maximum absolute atomic E-state index is 8.85. The monoisotopic (exact) mass is 934 g/mol. The highest BCUT2D eigenvalue weighted by Gasteiger charge is 2.20. The number of rotatable bonds is 11. The Balaban J connectivity index is 1.06. The lowest BCUT2D eigenvalue weighted by atomic mass is 9.85. The Labute approximate surface area is 431 Å². The number of aromatic nitrogens is 3. The highest BCUT2D eigenvalue weighted by Crippen LogP contribution is 2.45. The Bertz CT molecular complexity index is 3990. The molecule has 0 amide bonds. The Morgan fingerprint density at radius 2 is 0.575 bits per heavy atom. The fourth-order valence-electron chi connectivity index (χ4n) is 9.94. The Kier molecular flexibility index (Phi) is 11.3. The van der Waals surface area contributed by atoms with Gasteiger partial charge in [0.05, 0.1) is 17.1 Å². The fourth-order valence-corrected chi connectivity index (χ4v) is 9.94. The Morgan fingerprint density at radius 3 is 1.07 bits per heavy atom. The maximum Gasteiger partial charge on any atom is 0.0708 e. The number of pyridine rings is 3. The Morgan fingerprint density at radius 1 is 0.219 bits per heavy atom. The second-order valence-electron chi connectivity index (χ2n) is 18.1. The van der Waals surface area contributed by atoms with E-state index in [1.807, 2.05) is 103 Å². The van der Waals surface area contributed by atoms with Gasteiger partial charge >= 0.3 is 0 Å². The van der Waals surface area contributed by atoms with Crippen LogP contribution in [0, 0.1) is 6.85 Å². The average molecular weight is 935 g/mol. The van der Waals surface area contributed by atoms with Gasteiger partial charge in [-0.3, -0.25) is 15.0 Å². The lowest BCUT2D eigenvalue weighted by Crippen LogP contribution is -1.95. The molecular weight excluding hydrogens is 883 g/mol. The molecule has 0 saturated heterocycles. The van der Waals surface area contributed by atoms with Crippen LogP contribution in [0.2, 0.25) is 0 Å². The van der Waals surface area contributed by atoms with Crippen LogP contribution in [-0.2, 0) is 0 Å². The molecule has 0 aliphatic heterocycles. The third-order valence-corrected chi connectivity index (χ3v) is 13.6. The standard InChI is InChI=1S/C70H49N3/c1-48-40-69(53-24-10-4-11-25-53)72-46-66(48)63-32-18-16-30-61(63)57-41-56(60-29-15-14-28-59(60)55-38-39-68(71-45-55)52-22-8-3-9-23-52)42-58(43-57)62-31-17-19-33-64(62)67-47-73-70(54-26-12-5-13-27-54)44-65(67)51-36-34-50(35-37-51)49-20-6-2-7-21-49/h2-47H,1H3/i1D3. The predicted molar refractivity (Wildman–Crippen MR) is 304 cm³/mol. The van der Waals surface area contributed by atoms with Gasteiger partial charge in [-0.15, -0.1) is 0 Å². The van der Waals surface area contributed by atoms with Crippen molar-refractivity contribution in [2.75, 3.05) is 0 Å². The minimum absolute atomic E-state index is 0.239. The van der Waals surface area contributed by atoms with Gasteiger partial charge in [0.15, 0.2) is 0 Å². The molecule has 12 aromatic rings. The van der Waals surface area contributed by atoms with Crippen LogP contribution < -0.4 is 0 Å². The van der Waals surface area contributed by atoms with Crippen LogP contribution in [0.25, 0.3) is 123 Å². The summed E-state index contributed by atoms with van der Waals surface area (Å²) in [6.45, 7) is -2.42. The van der Waals surface area contributed by atoms with Crippen molar-refractivity contribution < 1.29 is 4.11 Å². The lowest BCUT2D eigenvalue weighted by molar-refractivity contribution is 1.29. The van der Waals surface area contributed by atoms with Gasteiger partial charge < -0.3 is 0 Å². The molecule has 9 aromatic carbocycles. The van der Waals surface area contributed by atoms with Crippen LogP contribution in [0.1, 0.15) is 9.68 Å². The van der Waals surface area contributed by atoms with Crippen molar-refractivity contribution in [2.45, 2.75) is 6.85 Å². The van der Waals surface area contributed by atoms with E-state index in [1.165, 1.54) is 0 Å². The van der Waals surface area contributed by atoms with Gasteiger partial charge in [-0.2, -0.15) is 0 Å². The van der Waals surface area contributed by atoms with Crippen molar-refractivity contribution in [3.63, 3.8) is 0 Å². The molecule has 344 valence electrons. The summed E-state index contributed by atoms with van der Waals surface area (Å²) in [5.74, 6) is 0. The van der Waals surface area contributed by atoms with E-state index >= 15 is 0 Å². The molecule has 0 atom stereocenters. The minimum Gasteiger partial charge on any atom is -0.256 e. The van der Waals surface area contributed by atoms with E-state index in [0.717, 1.165) is 112 Å². The molecule has 12 rings (SSSR count). The largest absolute Gasteiger partial charge is 0.256 e. The molecule has 0 saturated carbocycles. The molecule has 0 unspecified atom stereocenters. The average Bonchev–Trinajstić information content (AvgIpc) is 3.51. The second kappa shape index (κ2) is 20.0. The SMILES string of the molecule is [2H]C([2H])([2H])c1cc(-c2ccccc2)ncc1-c1ccccc1-c1cc(-c2ccccc2-c2ccc(-c3ccccc3)nc2)cc(-c2ccccc2-c2cnc(-c3ccccc3)cc2-c2ccc(-c3ccccc3)cc2)c1. The quantitative estimate of drug-likeness (QED) is 0.130. The molecule has 0 fully saturated rings. The fraction of sp³-hybridized carbons (Fsp3) is 0.0143. The van der Waals surface area contributed by atoms with Gasteiger partial charge in [-0.25, -0.2) is 0 Å². The third kappa shape index (κ3) is 9.20. The second-order valence-corrected chi connectivity index (χ2v) is 18.1. The highest BCUT2D eigenvalue weighted by atomic mass is 14.7. The van der Waals surface area contributed by atoms with Crippen LogP contribution >= 0.6 is 0 Å². The molecule has 0 aliphatic rings. The number of aryl methyl sites for hydroxylation is 1. The first-order valence-electron chi connectivity index (χ1n) is 26.1. The van der Waals surface area contributed by atoms with Crippen molar-refractivity contribution >= 4 is 0 Å². The lowest BCUT2D eigenvalue weighted by Gasteiger charge is -2.19. The van der Waals surface area contributed by atoms with Gasteiger partial charge in [-0.1, -0.05) is 224 Å². The van der Waals surface area contributed by atoms with E-state index in [9.17, 15) is 0 Å². The van der Waals surface area contributed by atoms with Crippen LogP contribution in [0.5, 0.6) is 0 Å². The molecular formula is C70H49N3. The topological polar surface area (TPSA) is 38.7 Å². The van der Waals surface area contributed by atoms with Gasteiger partial charge in [-0.05, 0) is 121 Å². The molecule has 0 aliphatic carbocycles. The molecule has 3 heteroatoms. The van der Waals surface area contributed by atoms with Crippen molar-refractivity contribution in [2.24, 2.45) is 0 Å². The van der Waals surface area contributed by atoms with E-state index in [2.05, 4.69) is 164 Å². The van der Waals surface area contributed by atoms with Gasteiger partial charge in [0.2, 0.25) is 0 Å². The zero-order chi connectivity index (χ0) is 51.4. The number of benzene rings is 9. The summed E-state index contributed by atoms with van der Waals surface area (Å²) in [6.07, 6.45) is 5.70. The van der Waals surface area contributed by atoms with E-state index in [-0.39, 0.29) is 5.56 Å². The first-order valence-corrected chi connectivity index (χ1v) is 24.6. The van der Waals surface area contributed by atoms with E-state index in [4.69, 9.17) is 19.1 Å². The Hall–Kier alpha value is -9.57. The molecule has 3 aromatic heterocycles. The van der Waals surface area contributed by atoms with E-state index < -0.39 is 6.85 Å². The third-order valence-electron chi connectivity index (χ3n) is 13.6. The summed E-state index contributed by atoms with van der Waals surface area (Å²) < 4.78 is 26.5. The summed E-state index contributed by atoms with van der Waals surface area (Å²) in [7, 11) is 0. The zero-order valence-corrected chi connectivity index (χ0v) is 39.9.